The van der Waals surface area contributed by atoms with Crippen LogP contribution in [0.5, 0.6) is 0 Å². The molecule has 0 spiro atoms. The van der Waals surface area contributed by atoms with Crippen LogP contribution in [-0.2, 0) is 4.79 Å². The van der Waals surface area contributed by atoms with E-state index in [1.165, 1.54) is 18.5 Å². The lowest BCUT2D eigenvalue weighted by molar-refractivity contribution is -0.122. The van der Waals surface area contributed by atoms with Gasteiger partial charge in [0.15, 0.2) is 0 Å². The second-order valence-electron chi connectivity index (χ2n) is 5.14. The molecule has 1 aromatic carbocycles. The van der Waals surface area contributed by atoms with Crippen molar-refractivity contribution in [2.75, 3.05) is 18.0 Å². The minimum absolute atomic E-state index is 0.243. The van der Waals surface area contributed by atoms with Crippen LogP contribution in [0.15, 0.2) is 30.3 Å². The van der Waals surface area contributed by atoms with Gasteiger partial charge in [0.1, 0.15) is 5.78 Å². The monoisotopic (exact) mass is 245 g/mol. The molecule has 98 valence electrons. The summed E-state index contributed by atoms with van der Waals surface area (Å²) in [6, 6.07) is 10.4. The summed E-state index contributed by atoms with van der Waals surface area (Å²) in [5.41, 5.74) is 1.23. The summed E-state index contributed by atoms with van der Waals surface area (Å²) in [5.74, 6) is 0.717. The van der Waals surface area contributed by atoms with Gasteiger partial charge in [0, 0.05) is 31.1 Å². The first-order chi connectivity index (χ1) is 8.81. The second kappa shape index (κ2) is 6.58. The molecule has 2 rings (SSSR count). The number of carbonyl (C=O) groups is 1. The molecule has 0 bridgehead atoms. The largest absolute Gasteiger partial charge is 0.371 e. The third-order valence-corrected chi connectivity index (χ3v) is 3.87. The highest BCUT2D eigenvalue weighted by Crippen LogP contribution is 2.23. The Labute approximate surface area is 110 Å². The van der Waals surface area contributed by atoms with Gasteiger partial charge in [-0.1, -0.05) is 31.0 Å². The standard InChI is InChI=1S/C16H23NO/c1-2-17(15-10-6-4-7-11-15)13-14-9-5-3-8-12-16(14)18/h4,6-7,10-11,14H,2-3,5,8-9,12-13H2,1H3. The van der Waals surface area contributed by atoms with Crippen LogP contribution in [0.1, 0.15) is 39.0 Å². The summed E-state index contributed by atoms with van der Waals surface area (Å²) >= 11 is 0. The lowest BCUT2D eigenvalue weighted by atomic mass is 9.98. The van der Waals surface area contributed by atoms with Crippen molar-refractivity contribution in [3.8, 4) is 0 Å². The Morgan fingerprint density at radius 2 is 1.94 bits per heavy atom. The molecule has 1 atom stereocenters. The number of ketones is 1. The van der Waals surface area contributed by atoms with Crippen molar-refractivity contribution >= 4 is 11.5 Å². The number of hydrogen-bond donors (Lipinski definition) is 0. The number of rotatable bonds is 4. The van der Waals surface area contributed by atoms with Crippen LogP contribution in [0.4, 0.5) is 5.69 Å². The van der Waals surface area contributed by atoms with Crippen LogP contribution >= 0.6 is 0 Å². The van der Waals surface area contributed by atoms with E-state index in [4.69, 9.17) is 0 Å². The molecule has 0 N–H and O–H groups in total. The fraction of sp³-hybridized carbons (Fsp3) is 0.562. The summed E-state index contributed by atoms with van der Waals surface area (Å²) in [5, 5.41) is 0. The summed E-state index contributed by atoms with van der Waals surface area (Å²) in [6.07, 6.45) is 5.38. The van der Waals surface area contributed by atoms with Crippen LogP contribution in [0.2, 0.25) is 0 Å². The van der Waals surface area contributed by atoms with Gasteiger partial charge in [-0.3, -0.25) is 4.79 Å². The summed E-state index contributed by atoms with van der Waals surface area (Å²) in [6.45, 7) is 4.02. The summed E-state index contributed by atoms with van der Waals surface area (Å²) in [7, 11) is 0. The average molecular weight is 245 g/mol. The van der Waals surface area contributed by atoms with Gasteiger partial charge in [-0.05, 0) is 31.9 Å². The molecular formula is C16H23NO. The molecule has 1 saturated carbocycles. The smallest absolute Gasteiger partial charge is 0.137 e. The quantitative estimate of drug-likeness (QED) is 0.754. The van der Waals surface area contributed by atoms with Crippen molar-refractivity contribution in [3.63, 3.8) is 0 Å². The summed E-state index contributed by atoms with van der Waals surface area (Å²) in [4.78, 5) is 14.4. The Balaban J connectivity index is 2.03. The molecule has 18 heavy (non-hydrogen) atoms. The van der Waals surface area contributed by atoms with Crippen molar-refractivity contribution < 1.29 is 4.79 Å². The first kappa shape index (κ1) is 13.1. The molecule has 1 unspecified atom stereocenters. The number of hydrogen-bond acceptors (Lipinski definition) is 2. The minimum atomic E-state index is 0.243. The molecule has 2 nitrogen and oxygen atoms in total. The number of para-hydroxylation sites is 1. The highest BCUT2D eigenvalue weighted by atomic mass is 16.1. The van der Waals surface area contributed by atoms with E-state index in [1.807, 2.05) is 6.07 Å². The number of nitrogens with zero attached hydrogens (tertiary/aromatic N) is 1. The number of anilines is 1. The van der Waals surface area contributed by atoms with E-state index in [0.717, 1.165) is 32.4 Å². The van der Waals surface area contributed by atoms with Crippen molar-refractivity contribution in [1.82, 2.24) is 0 Å². The van der Waals surface area contributed by atoms with Crippen LogP contribution in [0.3, 0.4) is 0 Å². The Kier molecular flexibility index (Phi) is 4.80. The molecule has 1 fully saturated rings. The van der Waals surface area contributed by atoms with Crippen molar-refractivity contribution in [3.05, 3.63) is 30.3 Å². The van der Waals surface area contributed by atoms with Gasteiger partial charge in [0.05, 0.1) is 0 Å². The van der Waals surface area contributed by atoms with Gasteiger partial charge in [-0.2, -0.15) is 0 Å². The topological polar surface area (TPSA) is 20.3 Å². The number of carbonyl (C=O) groups excluding carboxylic acids is 1. The zero-order valence-electron chi connectivity index (χ0n) is 11.3. The average Bonchev–Trinajstić information content (AvgIpc) is 2.62. The Bertz CT molecular complexity index is 374. The van der Waals surface area contributed by atoms with Gasteiger partial charge >= 0.3 is 0 Å². The van der Waals surface area contributed by atoms with Crippen molar-refractivity contribution in [2.24, 2.45) is 5.92 Å². The van der Waals surface area contributed by atoms with E-state index in [-0.39, 0.29) is 5.92 Å². The lowest BCUT2D eigenvalue weighted by Gasteiger charge is -2.27. The first-order valence-corrected chi connectivity index (χ1v) is 7.14. The van der Waals surface area contributed by atoms with Crippen molar-refractivity contribution in [1.29, 1.82) is 0 Å². The maximum absolute atomic E-state index is 12.1. The normalized spacial score (nSPS) is 20.5. The maximum Gasteiger partial charge on any atom is 0.137 e. The highest BCUT2D eigenvalue weighted by molar-refractivity contribution is 5.81. The Morgan fingerprint density at radius 1 is 1.17 bits per heavy atom. The second-order valence-corrected chi connectivity index (χ2v) is 5.14. The fourth-order valence-electron chi connectivity index (χ4n) is 2.75. The minimum Gasteiger partial charge on any atom is -0.371 e. The molecule has 0 aliphatic heterocycles. The van der Waals surface area contributed by atoms with E-state index < -0.39 is 0 Å². The predicted octanol–water partition coefficient (Wildman–Crippen LogP) is 3.66. The molecule has 0 saturated heterocycles. The highest BCUT2D eigenvalue weighted by Gasteiger charge is 2.22. The third-order valence-electron chi connectivity index (χ3n) is 3.87. The molecular weight excluding hydrogens is 222 g/mol. The van der Waals surface area contributed by atoms with Gasteiger partial charge < -0.3 is 4.90 Å². The van der Waals surface area contributed by atoms with Crippen LogP contribution in [-0.4, -0.2) is 18.9 Å². The zero-order chi connectivity index (χ0) is 12.8. The Hall–Kier alpha value is -1.31. The van der Waals surface area contributed by atoms with Crippen molar-refractivity contribution in [2.45, 2.75) is 39.0 Å². The number of Topliss-reactive ketones (excluding diaryl/α,β-unsaturated/α-hetero) is 1. The fourth-order valence-corrected chi connectivity index (χ4v) is 2.75. The van der Waals surface area contributed by atoms with E-state index in [2.05, 4.69) is 36.1 Å². The molecule has 0 aromatic heterocycles. The first-order valence-electron chi connectivity index (χ1n) is 7.14. The molecule has 1 aliphatic rings. The van der Waals surface area contributed by atoms with Crippen LogP contribution < -0.4 is 4.90 Å². The molecule has 1 aromatic rings. The SMILES string of the molecule is CCN(CC1CCCCCC1=O)c1ccccc1. The lowest BCUT2D eigenvalue weighted by Crippen LogP contribution is -2.32. The molecule has 2 heteroatoms. The molecule has 0 amide bonds. The third kappa shape index (κ3) is 3.34. The molecule has 1 aliphatic carbocycles. The molecule has 0 heterocycles. The van der Waals surface area contributed by atoms with Crippen LogP contribution in [0, 0.1) is 5.92 Å². The predicted molar refractivity (Wildman–Crippen MR) is 75.9 cm³/mol. The van der Waals surface area contributed by atoms with E-state index in [1.54, 1.807) is 0 Å². The van der Waals surface area contributed by atoms with Gasteiger partial charge in [0.2, 0.25) is 0 Å². The maximum atomic E-state index is 12.1. The van der Waals surface area contributed by atoms with Crippen LogP contribution in [0.25, 0.3) is 0 Å². The Morgan fingerprint density at radius 3 is 2.67 bits per heavy atom. The number of benzene rings is 1. The zero-order valence-corrected chi connectivity index (χ0v) is 11.3. The van der Waals surface area contributed by atoms with Gasteiger partial charge in [-0.15, -0.1) is 0 Å². The van der Waals surface area contributed by atoms with E-state index >= 15 is 0 Å². The van der Waals surface area contributed by atoms with Gasteiger partial charge in [-0.25, -0.2) is 0 Å². The van der Waals surface area contributed by atoms with E-state index in [0.29, 0.717) is 5.78 Å². The van der Waals surface area contributed by atoms with Gasteiger partial charge in [0.25, 0.3) is 0 Å². The summed E-state index contributed by atoms with van der Waals surface area (Å²) < 4.78 is 0. The van der Waals surface area contributed by atoms with E-state index in [9.17, 15) is 4.79 Å². The molecule has 0 radical (unpaired) electrons.